The number of halogens is 1. The van der Waals surface area contributed by atoms with Gasteiger partial charge in [-0.3, -0.25) is 4.79 Å². The highest BCUT2D eigenvalue weighted by atomic mass is 127. The average molecular weight is 482 g/mol. The molecular formula is C23H19IN2O2. The fraction of sp³-hybridized carbons (Fsp3) is 0.130. The highest BCUT2D eigenvalue weighted by Gasteiger charge is 2.13. The first-order chi connectivity index (χ1) is 13.4. The first-order valence-corrected chi connectivity index (χ1v) is 10.0. The number of oxazole rings is 1. The number of nitrogens with one attached hydrogen (secondary N) is 1. The lowest BCUT2D eigenvalue weighted by Gasteiger charge is -2.10. The second kappa shape index (κ2) is 7.39. The molecule has 0 saturated carbocycles. The Bertz CT molecular complexity index is 1170. The van der Waals surface area contributed by atoms with Crippen molar-refractivity contribution in [3.63, 3.8) is 0 Å². The number of hydrogen-bond acceptors (Lipinski definition) is 3. The standard InChI is InChI=1S/C23H19IN2O2/c1-13-7-8-17(23-26-20-9-14(2)15(3)10-21(20)28-23)12-19(13)25-22(27)16-5-4-6-18(24)11-16/h4-12H,1-3H3,(H,25,27). The van der Waals surface area contributed by atoms with E-state index < -0.39 is 0 Å². The number of benzene rings is 3. The Morgan fingerprint density at radius 2 is 1.75 bits per heavy atom. The Hall–Kier alpha value is -2.67. The summed E-state index contributed by atoms with van der Waals surface area (Å²) in [6.45, 7) is 6.08. The monoisotopic (exact) mass is 482 g/mol. The van der Waals surface area contributed by atoms with Crippen molar-refractivity contribution in [2.75, 3.05) is 5.32 Å². The number of carbonyl (C=O) groups is 1. The summed E-state index contributed by atoms with van der Waals surface area (Å²) in [5, 5.41) is 3.00. The second-order valence-electron chi connectivity index (χ2n) is 6.92. The quantitative estimate of drug-likeness (QED) is 0.350. The molecule has 1 heterocycles. The minimum absolute atomic E-state index is 0.136. The van der Waals surface area contributed by atoms with Crippen molar-refractivity contribution < 1.29 is 9.21 Å². The van der Waals surface area contributed by atoms with E-state index in [-0.39, 0.29) is 5.91 Å². The Labute approximate surface area is 177 Å². The minimum Gasteiger partial charge on any atom is -0.436 e. The molecule has 0 spiro atoms. The van der Waals surface area contributed by atoms with Gasteiger partial charge in [-0.25, -0.2) is 4.98 Å². The minimum atomic E-state index is -0.136. The number of hydrogen-bond donors (Lipinski definition) is 1. The molecule has 5 heteroatoms. The molecule has 140 valence electrons. The normalized spacial score (nSPS) is 11.0. The fourth-order valence-electron chi connectivity index (χ4n) is 3.02. The van der Waals surface area contributed by atoms with Crippen molar-refractivity contribution in [1.29, 1.82) is 0 Å². The van der Waals surface area contributed by atoms with Crippen LogP contribution in [0.2, 0.25) is 0 Å². The van der Waals surface area contributed by atoms with Gasteiger partial charge in [0, 0.05) is 20.4 Å². The molecule has 4 aromatic rings. The van der Waals surface area contributed by atoms with E-state index in [4.69, 9.17) is 4.42 Å². The number of rotatable bonds is 3. The summed E-state index contributed by atoms with van der Waals surface area (Å²) in [6, 6.07) is 17.4. The molecule has 1 amide bonds. The first-order valence-electron chi connectivity index (χ1n) is 8.96. The van der Waals surface area contributed by atoms with Crippen LogP contribution in [0.25, 0.3) is 22.6 Å². The summed E-state index contributed by atoms with van der Waals surface area (Å²) in [5.74, 6) is 0.410. The summed E-state index contributed by atoms with van der Waals surface area (Å²) in [6.07, 6.45) is 0. The maximum atomic E-state index is 12.6. The lowest BCUT2D eigenvalue weighted by molar-refractivity contribution is 0.102. The zero-order valence-corrected chi connectivity index (χ0v) is 18.0. The predicted octanol–water partition coefficient (Wildman–Crippen LogP) is 6.28. The van der Waals surface area contributed by atoms with Gasteiger partial charge in [0.2, 0.25) is 5.89 Å². The van der Waals surface area contributed by atoms with Crippen LogP contribution in [-0.2, 0) is 0 Å². The van der Waals surface area contributed by atoms with Crippen LogP contribution < -0.4 is 5.32 Å². The predicted molar refractivity (Wildman–Crippen MR) is 121 cm³/mol. The van der Waals surface area contributed by atoms with E-state index in [1.54, 1.807) is 0 Å². The van der Waals surface area contributed by atoms with Crippen molar-refractivity contribution in [3.05, 3.63) is 80.4 Å². The number of nitrogens with zero attached hydrogens (tertiary/aromatic N) is 1. The summed E-state index contributed by atoms with van der Waals surface area (Å²) in [7, 11) is 0. The zero-order valence-electron chi connectivity index (χ0n) is 15.8. The second-order valence-corrected chi connectivity index (χ2v) is 8.16. The summed E-state index contributed by atoms with van der Waals surface area (Å²) < 4.78 is 6.99. The van der Waals surface area contributed by atoms with E-state index in [2.05, 4.69) is 46.7 Å². The van der Waals surface area contributed by atoms with Gasteiger partial charge in [-0.1, -0.05) is 12.1 Å². The van der Waals surface area contributed by atoms with Gasteiger partial charge in [0.1, 0.15) is 5.52 Å². The number of aryl methyl sites for hydroxylation is 3. The molecule has 4 rings (SSSR count). The van der Waals surface area contributed by atoms with Gasteiger partial charge in [-0.05, 0) is 103 Å². The molecule has 0 bridgehead atoms. The molecule has 0 aliphatic heterocycles. The third-order valence-electron chi connectivity index (χ3n) is 4.82. The van der Waals surface area contributed by atoms with Crippen molar-refractivity contribution in [2.24, 2.45) is 0 Å². The molecule has 0 saturated heterocycles. The van der Waals surface area contributed by atoms with Crippen LogP contribution in [0.5, 0.6) is 0 Å². The van der Waals surface area contributed by atoms with Gasteiger partial charge in [-0.15, -0.1) is 0 Å². The van der Waals surface area contributed by atoms with Crippen LogP contribution in [0.15, 0.2) is 59.0 Å². The van der Waals surface area contributed by atoms with E-state index in [0.717, 1.165) is 31.5 Å². The molecule has 0 aliphatic carbocycles. The molecule has 1 N–H and O–H groups in total. The van der Waals surface area contributed by atoms with Crippen molar-refractivity contribution in [1.82, 2.24) is 4.98 Å². The van der Waals surface area contributed by atoms with Crippen molar-refractivity contribution in [2.45, 2.75) is 20.8 Å². The summed E-state index contributed by atoms with van der Waals surface area (Å²) >= 11 is 2.20. The molecule has 0 radical (unpaired) electrons. The third kappa shape index (κ3) is 3.67. The SMILES string of the molecule is Cc1cc2nc(-c3ccc(C)c(NC(=O)c4cccc(I)c4)c3)oc2cc1C. The van der Waals surface area contributed by atoms with Crippen LogP contribution in [0, 0.1) is 24.3 Å². The number of anilines is 1. The first kappa shape index (κ1) is 18.7. The molecule has 28 heavy (non-hydrogen) atoms. The summed E-state index contributed by atoms with van der Waals surface area (Å²) in [4.78, 5) is 17.3. The highest BCUT2D eigenvalue weighted by Crippen LogP contribution is 2.29. The molecule has 0 atom stereocenters. The van der Waals surface area contributed by atoms with Gasteiger partial charge in [-0.2, -0.15) is 0 Å². The van der Waals surface area contributed by atoms with Gasteiger partial charge in [0.05, 0.1) is 0 Å². The number of fused-ring (bicyclic) bond motifs is 1. The van der Waals surface area contributed by atoms with Gasteiger partial charge in [0.15, 0.2) is 5.58 Å². The van der Waals surface area contributed by atoms with Crippen LogP contribution >= 0.6 is 22.6 Å². The Morgan fingerprint density at radius 1 is 0.964 bits per heavy atom. The topological polar surface area (TPSA) is 55.1 Å². The third-order valence-corrected chi connectivity index (χ3v) is 5.49. The maximum absolute atomic E-state index is 12.6. The highest BCUT2D eigenvalue weighted by molar-refractivity contribution is 14.1. The molecule has 1 aromatic heterocycles. The molecule has 0 unspecified atom stereocenters. The molecule has 4 nitrogen and oxygen atoms in total. The molecule has 0 aliphatic rings. The molecular weight excluding hydrogens is 463 g/mol. The van der Waals surface area contributed by atoms with Gasteiger partial charge in [0.25, 0.3) is 5.91 Å². The van der Waals surface area contributed by atoms with E-state index in [9.17, 15) is 4.79 Å². The summed E-state index contributed by atoms with van der Waals surface area (Å²) in [5.41, 5.74) is 7.14. The molecule has 3 aromatic carbocycles. The fourth-order valence-corrected chi connectivity index (χ4v) is 3.56. The largest absolute Gasteiger partial charge is 0.436 e. The van der Waals surface area contributed by atoms with E-state index in [0.29, 0.717) is 11.5 Å². The lowest BCUT2D eigenvalue weighted by atomic mass is 10.1. The average Bonchev–Trinajstić information content (AvgIpc) is 3.06. The van der Waals surface area contributed by atoms with Crippen molar-refractivity contribution in [3.8, 4) is 11.5 Å². The number of amides is 1. The van der Waals surface area contributed by atoms with Crippen LogP contribution in [0.3, 0.4) is 0 Å². The van der Waals surface area contributed by atoms with E-state index in [1.165, 1.54) is 11.1 Å². The van der Waals surface area contributed by atoms with E-state index in [1.807, 2.05) is 61.5 Å². The zero-order chi connectivity index (χ0) is 19.8. The lowest BCUT2D eigenvalue weighted by Crippen LogP contribution is -2.13. The van der Waals surface area contributed by atoms with Gasteiger partial charge >= 0.3 is 0 Å². The van der Waals surface area contributed by atoms with E-state index >= 15 is 0 Å². The van der Waals surface area contributed by atoms with Crippen LogP contribution in [0.4, 0.5) is 5.69 Å². The van der Waals surface area contributed by atoms with Crippen LogP contribution in [0.1, 0.15) is 27.0 Å². The number of aromatic nitrogens is 1. The maximum Gasteiger partial charge on any atom is 0.255 e. The van der Waals surface area contributed by atoms with Gasteiger partial charge < -0.3 is 9.73 Å². The smallest absolute Gasteiger partial charge is 0.255 e. The Morgan fingerprint density at radius 3 is 2.54 bits per heavy atom. The Kier molecular flexibility index (Phi) is 4.93. The molecule has 0 fully saturated rings. The Balaban J connectivity index is 1.68. The van der Waals surface area contributed by atoms with Crippen LogP contribution in [-0.4, -0.2) is 10.9 Å². The number of carbonyl (C=O) groups excluding carboxylic acids is 1. The van der Waals surface area contributed by atoms with Crippen molar-refractivity contribution >= 4 is 45.3 Å².